The van der Waals surface area contributed by atoms with E-state index < -0.39 is 16.9 Å². The normalized spacial score (nSPS) is 10.9. The summed E-state index contributed by atoms with van der Waals surface area (Å²) in [5, 5.41) is 37.2. The van der Waals surface area contributed by atoms with Gasteiger partial charge in [0.05, 0.1) is 38.3 Å². The van der Waals surface area contributed by atoms with E-state index in [2.05, 4.69) is 10.2 Å². The SMILES string of the molecule is CN(CCOc1cc(C(=O)O)cc(C(=O)O)c1)c1ccc(N=Nc2c(Cl)cc([N+](=O)[O-])cc2Cl)cc1. The Kier molecular flexibility index (Phi) is 8.41. The third kappa shape index (κ3) is 6.68. The third-order valence-corrected chi connectivity index (χ3v) is 5.44. The molecule has 0 bridgehead atoms. The Bertz CT molecular complexity index is 1290. The molecule has 0 atom stereocenters. The summed E-state index contributed by atoms with van der Waals surface area (Å²) >= 11 is 12.1. The minimum atomic E-state index is -1.25. The number of carboxylic acids is 2. The summed E-state index contributed by atoms with van der Waals surface area (Å²) in [5.41, 5.74) is 0.797. The average Bonchev–Trinajstić information content (AvgIpc) is 2.83. The summed E-state index contributed by atoms with van der Waals surface area (Å²) in [7, 11) is 1.81. The quantitative estimate of drug-likeness (QED) is 0.177. The van der Waals surface area contributed by atoms with Crippen LogP contribution in [-0.4, -0.2) is 47.3 Å². The van der Waals surface area contributed by atoms with Gasteiger partial charge in [-0.1, -0.05) is 23.2 Å². The van der Waals surface area contributed by atoms with Gasteiger partial charge in [0.1, 0.15) is 18.0 Å². The van der Waals surface area contributed by atoms with Gasteiger partial charge in [0.15, 0.2) is 0 Å². The molecule has 13 heteroatoms. The number of anilines is 1. The van der Waals surface area contributed by atoms with Crippen molar-refractivity contribution < 1.29 is 29.5 Å². The van der Waals surface area contributed by atoms with Gasteiger partial charge in [-0.25, -0.2) is 9.59 Å². The Labute approximate surface area is 214 Å². The molecule has 3 aromatic rings. The summed E-state index contributed by atoms with van der Waals surface area (Å²) in [6.07, 6.45) is 0. The number of nitro benzene ring substituents is 1. The van der Waals surface area contributed by atoms with Crippen LogP contribution in [0.15, 0.2) is 64.8 Å². The Morgan fingerprint density at radius 3 is 2.03 bits per heavy atom. The summed E-state index contributed by atoms with van der Waals surface area (Å²) in [5.74, 6) is -2.37. The van der Waals surface area contributed by atoms with E-state index in [9.17, 15) is 19.7 Å². The first-order valence-corrected chi connectivity index (χ1v) is 10.9. The Balaban J connectivity index is 1.62. The van der Waals surface area contributed by atoms with Crippen LogP contribution in [0, 0.1) is 10.1 Å². The van der Waals surface area contributed by atoms with Crippen molar-refractivity contribution in [3.05, 3.63) is 85.9 Å². The lowest BCUT2D eigenvalue weighted by Gasteiger charge is -2.19. The van der Waals surface area contributed by atoms with E-state index in [1.165, 1.54) is 12.1 Å². The smallest absolute Gasteiger partial charge is 0.335 e. The van der Waals surface area contributed by atoms with Gasteiger partial charge in [0.2, 0.25) is 0 Å². The van der Waals surface area contributed by atoms with Crippen LogP contribution in [0.1, 0.15) is 20.7 Å². The Morgan fingerprint density at radius 2 is 1.53 bits per heavy atom. The monoisotopic (exact) mass is 532 g/mol. The molecule has 3 rings (SSSR count). The first kappa shape index (κ1) is 26.4. The zero-order valence-electron chi connectivity index (χ0n) is 18.6. The molecule has 0 radical (unpaired) electrons. The molecule has 0 aromatic heterocycles. The van der Waals surface area contributed by atoms with E-state index in [0.717, 1.165) is 23.9 Å². The number of nitrogens with zero attached hydrogens (tertiary/aromatic N) is 4. The van der Waals surface area contributed by atoms with Gasteiger partial charge in [-0.15, -0.1) is 5.11 Å². The molecule has 3 aromatic carbocycles. The van der Waals surface area contributed by atoms with Crippen molar-refractivity contribution >= 4 is 57.9 Å². The third-order valence-electron chi connectivity index (χ3n) is 4.86. The molecule has 36 heavy (non-hydrogen) atoms. The van der Waals surface area contributed by atoms with Gasteiger partial charge in [-0.3, -0.25) is 10.1 Å². The van der Waals surface area contributed by atoms with E-state index in [1.54, 1.807) is 24.3 Å². The average molecular weight is 533 g/mol. The number of hydrogen-bond donors (Lipinski definition) is 2. The summed E-state index contributed by atoms with van der Waals surface area (Å²) < 4.78 is 5.57. The molecule has 0 saturated carbocycles. The van der Waals surface area contributed by atoms with Crippen LogP contribution in [0.3, 0.4) is 0 Å². The number of hydrogen-bond acceptors (Lipinski definition) is 8. The molecule has 0 unspecified atom stereocenters. The van der Waals surface area contributed by atoms with Crippen LogP contribution in [0.25, 0.3) is 0 Å². The molecule has 11 nitrogen and oxygen atoms in total. The topological polar surface area (TPSA) is 155 Å². The van der Waals surface area contributed by atoms with E-state index in [0.29, 0.717) is 12.2 Å². The number of nitro groups is 1. The van der Waals surface area contributed by atoms with Gasteiger partial charge in [0, 0.05) is 24.9 Å². The maximum Gasteiger partial charge on any atom is 0.335 e. The fourth-order valence-electron chi connectivity index (χ4n) is 2.99. The van der Waals surface area contributed by atoms with Crippen molar-refractivity contribution in [3.8, 4) is 5.75 Å². The van der Waals surface area contributed by atoms with Gasteiger partial charge < -0.3 is 19.8 Å². The fourth-order valence-corrected chi connectivity index (χ4v) is 3.54. The van der Waals surface area contributed by atoms with Crippen molar-refractivity contribution in [2.45, 2.75) is 0 Å². The lowest BCUT2D eigenvalue weighted by molar-refractivity contribution is -0.384. The Morgan fingerprint density at radius 1 is 0.972 bits per heavy atom. The van der Waals surface area contributed by atoms with Crippen LogP contribution in [0.4, 0.5) is 22.7 Å². The zero-order chi connectivity index (χ0) is 26.4. The first-order valence-electron chi connectivity index (χ1n) is 10.2. The van der Waals surface area contributed by atoms with Crippen LogP contribution in [0.5, 0.6) is 5.75 Å². The zero-order valence-corrected chi connectivity index (χ0v) is 20.1. The molecule has 0 aliphatic carbocycles. The molecular weight excluding hydrogens is 515 g/mol. The van der Waals surface area contributed by atoms with Crippen LogP contribution in [-0.2, 0) is 0 Å². The predicted octanol–water partition coefficient (Wildman–Crippen LogP) is 6.23. The summed E-state index contributed by atoms with van der Waals surface area (Å²) in [4.78, 5) is 34.6. The van der Waals surface area contributed by atoms with Gasteiger partial charge in [0.25, 0.3) is 5.69 Å². The molecule has 0 spiro atoms. The number of non-ortho nitro benzene ring substituents is 1. The van der Waals surface area contributed by atoms with Crippen molar-refractivity contribution in [1.82, 2.24) is 0 Å². The molecule has 0 amide bonds. The highest BCUT2D eigenvalue weighted by Gasteiger charge is 2.15. The molecule has 186 valence electrons. The molecule has 0 saturated heterocycles. The lowest BCUT2D eigenvalue weighted by Crippen LogP contribution is -2.23. The fraction of sp³-hybridized carbons (Fsp3) is 0.130. The number of halogens is 2. The molecule has 0 aliphatic rings. The molecule has 2 N–H and O–H groups in total. The van der Waals surface area contributed by atoms with Crippen LogP contribution in [0.2, 0.25) is 10.0 Å². The molecule has 0 heterocycles. The largest absolute Gasteiger partial charge is 0.492 e. The number of aromatic carboxylic acids is 2. The Hall–Kier alpha value is -4.22. The summed E-state index contributed by atoms with van der Waals surface area (Å²) in [6, 6.07) is 12.8. The highest BCUT2D eigenvalue weighted by atomic mass is 35.5. The van der Waals surface area contributed by atoms with E-state index in [-0.39, 0.29) is 44.9 Å². The van der Waals surface area contributed by atoms with Crippen molar-refractivity contribution in [3.63, 3.8) is 0 Å². The van der Waals surface area contributed by atoms with Crippen molar-refractivity contribution in [2.24, 2.45) is 10.2 Å². The van der Waals surface area contributed by atoms with Crippen LogP contribution >= 0.6 is 23.2 Å². The number of ether oxygens (including phenoxy) is 1. The second-order valence-electron chi connectivity index (χ2n) is 7.36. The van der Waals surface area contributed by atoms with Gasteiger partial charge >= 0.3 is 11.9 Å². The number of benzene rings is 3. The number of rotatable bonds is 10. The highest BCUT2D eigenvalue weighted by molar-refractivity contribution is 6.39. The predicted molar refractivity (Wildman–Crippen MR) is 133 cm³/mol. The minimum absolute atomic E-state index is 0.00123. The molecule has 0 aliphatic heterocycles. The van der Waals surface area contributed by atoms with Crippen molar-refractivity contribution in [2.75, 3.05) is 25.1 Å². The number of azo groups is 1. The second-order valence-corrected chi connectivity index (χ2v) is 8.17. The maximum atomic E-state index is 11.2. The number of carboxylic acid groups (broad SMARTS) is 2. The van der Waals surface area contributed by atoms with Gasteiger partial charge in [-0.05, 0) is 42.5 Å². The number of likely N-dealkylation sites (N-methyl/N-ethyl adjacent to an activating group) is 1. The minimum Gasteiger partial charge on any atom is -0.492 e. The molecule has 0 fully saturated rings. The van der Waals surface area contributed by atoms with E-state index in [1.807, 2.05) is 11.9 Å². The summed E-state index contributed by atoms with van der Waals surface area (Å²) in [6.45, 7) is 0.575. The van der Waals surface area contributed by atoms with E-state index >= 15 is 0 Å². The second kappa shape index (κ2) is 11.5. The highest BCUT2D eigenvalue weighted by Crippen LogP contribution is 2.37. The maximum absolute atomic E-state index is 11.2. The van der Waals surface area contributed by atoms with Crippen molar-refractivity contribution in [1.29, 1.82) is 0 Å². The van der Waals surface area contributed by atoms with Gasteiger partial charge in [-0.2, -0.15) is 5.11 Å². The first-order chi connectivity index (χ1) is 17.0. The lowest BCUT2D eigenvalue weighted by atomic mass is 10.1. The van der Waals surface area contributed by atoms with E-state index in [4.69, 9.17) is 38.2 Å². The van der Waals surface area contributed by atoms with Crippen LogP contribution < -0.4 is 9.64 Å². The molecular formula is C23H18Cl2N4O7. The number of carbonyl (C=O) groups is 2. The standard InChI is InChI=1S/C23H18Cl2N4O7/c1-28(6-7-36-18-9-13(22(30)31)8-14(10-18)23(32)33)16-4-2-15(3-5-16)26-27-21-19(24)11-17(29(34)35)12-20(21)25/h2-5,8-12H,6-7H2,1H3,(H,30,31)(H,32,33).